The molecule has 2 aliphatic rings. The van der Waals surface area contributed by atoms with Crippen molar-refractivity contribution in [3.63, 3.8) is 0 Å². The Morgan fingerprint density at radius 2 is 2.12 bits per heavy atom. The van der Waals surface area contributed by atoms with Crippen LogP contribution in [0.4, 0.5) is 0 Å². The fourth-order valence-corrected chi connectivity index (χ4v) is 2.74. The molecule has 0 aromatic carbocycles. The molecule has 94 valence electrons. The molecule has 0 saturated heterocycles. The third-order valence-electron chi connectivity index (χ3n) is 3.93. The van der Waals surface area contributed by atoms with Gasteiger partial charge in [-0.15, -0.1) is 0 Å². The lowest BCUT2D eigenvalue weighted by Gasteiger charge is -2.25. The maximum Gasteiger partial charge on any atom is 0.334 e. The van der Waals surface area contributed by atoms with Crippen molar-refractivity contribution in [3.05, 3.63) is 23.3 Å². The number of hydrogen-bond donors (Lipinski definition) is 0. The first-order valence-corrected chi connectivity index (χ1v) is 6.65. The molecule has 0 N–H and O–H groups in total. The maximum absolute atomic E-state index is 11.7. The number of allylic oxidation sites excluding steroid dienone is 2. The molecule has 0 aromatic heterocycles. The van der Waals surface area contributed by atoms with E-state index < -0.39 is 0 Å². The fourth-order valence-electron chi connectivity index (χ4n) is 2.74. The lowest BCUT2D eigenvalue weighted by atomic mass is 9.84. The highest BCUT2D eigenvalue weighted by molar-refractivity contribution is 5.90. The number of rotatable bonds is 1. The van der Waals surface area contributed by atoms with Crippen LogP contribution in [0.25, 0.3) is 0 Å². The van der Waals surface area contributed by atoms with Gasteiger partial charge in [-0.3, -0.25) is 0 Å². The zero-order valence-corrected chi connectivity index (χ0v) is 11.0. The number of hydrogen-bond acceptors (Lipinski definition) is 2. The van der Waals surface area contributed by atoms with Gasteiger partial charge in [0.15, 0.2) is 0 Å². The molecule has 2 rings (SSSR count). The van der Waals surface area contributed by atoms with Crippen LogP contribution in [0.2, 0.25) is 0 Å². The van der Waals surface area contributed by atoms with Crippen molar-refractivity contribution >= 4 is 5.97 Å². The van der Waals surface area contributed by atoms with Crippen LogP contribution in [-0.4, -0.2) is 12.1 Å². The standard InChI is InChI=1S/C15H22O2/c1-10(2)13-8-7-11(3)5-4-6-12-9-14(13)17-15(12)16/h5,9-10,13-14H,4,6-8H2,1-3H3/b11-5+/t13-,14-/m0/s1. The molecular formula is C15H22O2. The molecule has 0 amide bonds. The molecule has 0 unspecified atom stereocenters. The van der Waals surface area contributed by atoms with Gasteiger partial charge in [-0.25, -0.2) is 4.79 Å². The highest BCUT2D eigenvalue weighted by atomic mass is 16.5. The second-order valence-electron chi connectivity index (χ2n) is 5.60. The van der Waals surface area contributed by atoms with Gasteiger partial charge < -0.3 is 4.74 Å². The summed E-state index contributed by atoms with van der Waals surface area (Å²) >= 11 is 0. The van der Waals surface area contributed by atoms with Gasteiger partial charge in [0.1, 0.15) is 6.10 Å². The van der Waals surface area contributed by atoms with Gasteiger partial charge in [-0.2, -0.15) is 0 Å². The second-order valence-corrected chi connectivity index (χ2v) is 5.60. The van der Waals surface area contributed by atoms with Gasteiger partial charge in [-0.05, 0) is 44.6 Å². The predicted octanol–water partition coefficient (Wildman–Crippen LogP) is 3.63. The molecule has 0 radical (unpaired) electrons. The summed E-state index contributed by atoms with van der Waals surface area (Å²) in [6, 6.07) is 0. The normalized spacial score (nSPS) is 32.8. The van der Waals surface area contributed by atoms with E-state index in [9.17, 15) is 4.79 Å². The summed E-state index contributed by atoms with van der Waals surface area (Å²) in [5.74, 6) is 0.919. The molecule has 2 bridgehead atoms. The average Bonchev–Trinajstić information content (AvgIpc) is 2.59. The first kappa shape index (κ1) is 12.4. The zero-order valence-electron chi connectivity index (χ0n) is 11.0. The Kier molecular flexibility index (Phi) is 3.70. The summed E-state index contributed by atoms with van der Waals surface area (Å²) in [4.78, 5) is 11.7. The zero-order chi connectivity index (χ0) is 12.4. The Bertz CT molecular complexity index is 363. The van der Waals surface area contributed by atoms with E-state index in [0.29, 0.717) is 11.8 Å². The summed E-state index contributed by atoms with van der Waals surface area (Å²) in [5.41, 5.74) is 2.33. The number of esters is 1. The van der Waals surface area contributed by atoms with Crippen molar-refractivity contribution in [2.45, 2.75) is 52.6 Å². The van der Waals surface area contributed by atoms with Crippen LogP contribution in [0.5, 0.6) is 0 Å². The Labute approximate surface area is 104 Å². The number of ether oxygens (including phenoxy) is 1. The number of fused-ring (bicyclic) bond motifs is 1. The van der Waals surface area contributed by atoms with Crippen LogP contribution >= 0.6 is 0 Å². The molecule has 0 spiro atoms. The highest BCUT2D eigenvalue weighted by Crippen LogP contribution is 2.32. The second kappa shape index (κ2) is 5.07. The lowest BCUT2D eigenvalue weighted by Crippen LogP contribution is -2.25. The number of carbonyl (C=O) groups is 1. The Morgan fingerprint density at radius 3 is 2.82 bits per heavy atom. The Morgan fingerprint density at radius 1 is 1.35 bits per heavy atom. The largest absolute Gasteiger partial charge is 0.454 e. The van der Waals surface area contributed by atoms with E-state index in [2.05, 4.69) is 32.9 Å². The lowest BCUT2D eigenvalue weighted by molar-refractivity contribution is -0.142. The van der Waals surface area contributed by atoms with Crippen LogP contribution in [0, 0.1) is 11.8 Å². The molecule has 2 nitrogen and oxygen atoms in total. The van der Waals surface area contributed by atoms with Gasteiger partial charge in [0.25, 0.3) is 0 Å². The van der Waals surface area contributed by atoms with Crippen molar-refractivity contribution < 1.29 is 9.53 Å². The molecule has 1 heterocycles. The smallest absolute Gasteiger partial charge is 0.334 e. The van der Waals surface area contributed by atoms with E-state index >= 15 is 0 Å². The van der Waals surface area contributed by atoms with Gasteiger partial charge >= 0.3 is 5.97 Å². The van der Waals surface area contributed by atoms with Crippen LogP contribution in [0.1, 0.15) is 46.5 Å². The van der Waals surface area contributed by atoms with Crippen LogP contribution in [-0.2, 0) is 9.53 Å². The van der Waals surface area contributed by atoms with E-state index in [1.54, 1.807) is 0 Å². The Balaban J connectivity index is 2.21. The summed E-state index contributed by atoms with van der Waals surface area (Å²) in [7, 11) is 0. The quantitative estimate of drug-likeness (QED) is 0.511. The van der Waals surface area contributed by atoms with Gasteiger partial charge in [0.05, 0.1) is 0 Å². The summed E-state index contributed by atoms with van der Waals surface area (Å²) in [5, 5.41) is 0. The summed E-state index contributed by atoms with van der Waals surface area (Å²) in [6.07, 6.45) is 8.39. The van der Waals surface area contributed by atoms with Crippen molar-refractivity contribution in [1.82, 2.24) is 0 Å². The average molecular weight is 234 g/mol. The SMILES string of the molecule is C/C1=C\CCC2=C[C@H](OC2=O)[C@H](C(C)C)CC1. The molecule has 1 aliphatic heterocycles. The maximum atomic E-state index is 11.7. The third kappa shape index (κ3) is 2.80. The minimum atomic E-state index is -0.0893. The molecule has 0 fully saturated rings. The van der Waals surface area contributed by atoms with Gasteiger partial charge in [0, 0.05) is 11.5 Å². The molecule has 0 aromatic rings. The van der Waals surface area contributed by atoms with Crippen molar-refractivity contribution in [3.8, 4) is 0 Å². The monoisotopic (exact) mass is 234 g/mol. The predicted molar refractivity (Wildman–Crippen MR) is 68.5 cm³/mol. The molecule has 2 atom stereocenters. The van der Waals surface area contributed by atoms with Crippen molar-refractivity contribution in [2.75, 3.05) is 0 Å². The molecule has 2 heteroatoms. The van der Waals surface area contributed by atoms with Crippen molar-refractivity contribution in [2.24, 2.45) is 11.8 Å². The minimum absolute atomic E-state index is 0.0170. The van der Waals surface area contributed by atoms with E-state index in [4.69, 9.17) is 4.74 Å². The summed E-state index contributed by atoms with van der Waals surface area (Å²) < 4.78 is 5.51. The minimum Gasteiger partial charge on any atom is -0.454 e. The van der Waals surface area contributed by atoms with Crippen LogP contribution in [0.15, 0.2) is 23.3 Å². The van der Waals surface area contributed by atoms with E-state index in [0.717, 1.165) is 31.3 Å². The molecular weight excluding hydrogens is 212 g/mol. The van der Waals surface area contributed by atoms with Crippen molar-refractivity contribution in [1.29, 1.82) is 0 Å². The van der Waals surface area contributed by atoms with E-state index in [1.165, 1.54) is 5.57 Å². The van der Waals surface area contributed by atoms with E-state index in [-0.39, 0.29) is 12.1 Å². The topological polar surface area (TPSA) is 26.3 Å². The first-order chi connectivity index (χ1) is 8.08. The molecule has 17 heavy (non-hydrogen) atoms. The van der Waals surface area contributed by atoms with Gasteiger partial charge in [-0.1, -0.05) is 25.5 Å². The molecule has 1 aliphatic carbocycles. The fraction of sp³-hybridized carbons (Fsp3) is 0.667. The molecule has 0 saturated carbocycles. The van der Waals surface area contributed by atoms with Crippen LogP contribution < -0.4 is 0 Å². The van der Waals surface area contributed by atoms with E-state index in [1.807, 2.05) is 0 Å². The van der Waals surface area contributed by atoms with Gasteiger partial charge in [0.2, 0.25) is 0 Å². The van der Waals surface area contributed by atoms with Crippen LogP contribution in [0.3, 0.4) is 0 Å². The first-order valence-electron chi connectivity index (χ1n) is 6.65. The summed E-state index contributed by atoms with van der Waals surface area (Å²) in [6.45, 7) is 6.63. The third-order valence-corrected chi connectivity index (χ3v) is 3.93. The highest BCUT2D eigenvalue weighted by Gasteiger charge is 2.33. The Hall–Kier alpha value is -1.05. The number of carbonyl (C=O) groups excluding carboxylic acids is 1.